The number of thiophene rings is 1. The first-order valence-corrected chi connectivity index (χ1v) is 6.10. The molecule has 0 fully saturated rings. The molecule has 78 valence electrons. The molecule has 0 saturated carbocycles. The van der Waals surface area contributed by atoms with Crippen LogP contribution in [0.2, 0.25) is 0 Å². The van der Waals surface area contributed by atoms with Gasteiger partial charge in [0.25, 0.3) is 0 Å². The number of carbonyl (C=O) groups excluding carboxylic acids is 1. The van der Waals surface area contributed by atoms with Crippen molar-refractivity contribution >= 4 is 33.6 Å². The van der Waals surface area contributed by atoms with E-state index in [2.05, 4.69) is 15.9 Å². The van der Waals surface area contributed by atoms with Crippen molar-refractivity contribution in [2.75, 3.05) is 5.33 Å². The Morgan fingerprint density at radius 3 is 2.71 bits per heavy atom. The Hall–Kier alpha value is -0.230. The molecule has 0 spiro atoms. The summed E-state index contributed by atoms with van der Waals surface area (Å²) in [4.78, 5) is 11.6. The Labute approximate surface area is 94.5 Å². The van der Waals surface area contributed by atoms with E-state index in [9.17, 15) is 15.0 Å². The van der Waals surface area contributed by atoms with Crippen LogP contribution in [0.5, 0.6) is 0 Å². The summed E-state index contributed by atoms with van der Waals surface area (Å²) in [6.45, 7) is 0. The zero-order chi connectivity index (χ0) is 10.6. The van der Waals surface area contributed by atoms with Crippen LogP contribution in [-0.4, -0.2) is 27.9 Å². The van der Waals surface area contributed by atoms with E-state index in [0.717, 1.165) is 6.29 Å². The molecule has 0 amide bonds. The average Bonchev–Trinajstić information content (AvgIpc) is 2.65. The third-order valence-corrected chi connectivity index (χ3v) is 3.36. The molecule has 2 atom stereocenters. The third kappa shape index (κ3) is 2.88. The minimum Gasteiger partial charge on any atom is -0.390 e. The van der Waals surface area contributed by atoms with Gasteiger partial charge in [-0.15, -0.1) is 11.3 Å². The fourth-order valence-corrected chi connectivity index (χ4v) is 2.39. The third-order valence-electron chi connectivity index (χ3n) is 1.82. The molecule has 0 aliphatic rings. The number of aliphatic hydroxyl groups excluding tert-OH is 2. The van der Waals surface area contributed by atoms with Gasteiger partial charge in [-0.05, 0) is 18.6 Å². The molecule has 0 aliphatic carbocycles. The second-order valence-electron chi connectivity index (χ2n) is 2.85. The molecule has 14 heavy (non-hydrogen) atoms. The predicted molar refractivity (Wildman–Crippen MR) is 59.1 cm³/mol. The predicted octanol–water partition coefficient (Wildman–Crippen LogP) is 1.74. The summed E-state index contributed by atoms with van der Waals surface area (Å²) in [5.41, 5.74) is 0. The van der Waals surface area contributed by atoms with E-state index in [0.29, 0.717) is 21.5 Å². The zero-order valence-corrected chi connectivity index (χ0v) is 9.79. The summed E-state index contributed by atoms with van der Waals surface area (Å²) >= 11 is 4.39. The lowest BCUT2D eigenvalue weighted by atomic mass is 10.1. The molecule has 0 aromatic carbocycles. The van der Waals surface area contributed by atoms with Crippen molar-refractivity contribution in [2.45, 2.75) is 18.6 Å². The van der Waals surface area contributed by atoms with Crippen LogP contribution in [0, 0.1) is 0 Å². The van der Waals surface area contributed by atoms with Crippen LogP contribution in [0.1, 0.15) is 27.1 Å². The summed E-state index contributed by atoms with van der Waals surface area (Å²) in [7, 11) is 0. The molecule has 5 heteroatoms. The number of aldehydes is 1. The van der Waals surface area contributed by atoms with Crippen molar-refractivity contribution in [3.8, 4) is 0 Å². The van der Waals surface area contributed by atoms with E-state index in [1.165, 1.54) is 11.3 Å². The van der Waals surface area contributed by atoms with Crippen molar-refractivity contribution in [1.29, 1.82) is 0 Å². The van der Waals surface area contributed by atoms with Gasteiger partial charge in [-0.25, -0.2) is 0 Å². The molecule has 1 aromatic heterocycles. The van der Waals surface area contributed by atoms with Crippen LogP contribution >= 0.6 is 27.3 Å². The molecule has 1 rings (SSSR count). The molecule has 0 aliphatic heterocycles. The molecular weight excluding hydrogens is 268 g/mol. The van der Waals surface area contributed by atoms with Gasteiger partial charge in [-0.2, -0.15) is 0 Å². The lowest BCUT2D eigenvalue weighted by Crippen LogP contribution is -2.17. The van der Waals surface area contributed by atoms with E-state index < -0.39 is 12.2 Å². The van der Waals surface area contributed by atoms with Gasteiger partial charge in [0.2, 0.25) is 0 Å². The second-order valence-corrected chi connectivity index (χ2v) is 4.79. The minimum absolute atomic E-state index is 0.482. The summed E-state index contributed by atoms with van der Waals surface area (Å²) in [5, 5.41) is 19.8. The fourth-order valence-electron chi connectivity index (χ4n) is 1.05. The lowest BCUT2D eigenvalue weighted by molar-refractivity contribution is 0.0195. The van der Waals surface area contributed by atoms with Gasteiger partial charge in [0.05, 0.1) is 11.0 Å². The number of halogens is 1. The second kappa shape index (κ2) is 5.60. The smallest absolute Gasteiger partial charge is 0.160 e. The van der Waals surface area contributed by atoms with Gasteiger partial charge in [0.1, 0.15) is 6.10 Å². The largest absolute Gasteiger partial charge is 0.390 e. The molecule has 2 N–H and O–H groups in total. The number of carbonyl (C=O) groups is 1. The molecule has 0 saturated heterocycles. The van der Waals surface area contributed by atoms with Crippen LogP contribution in [-0.2, 0) is 0 Å². The van der Waals surface area contributed by atoms with Crippen molar-refractivity contribution in [3.63, 3.8) is 0 Å². The molecule has 1 heterocycles. The highest BCUT2D eigenvalue weighted by atomic mass is 79.9. The highest BCUT2D eigenvalue weighted by Gasteiger charge is 2.19. The van der Waals surface area contributed by atoms with E-state index >= 15 is 0 Å². The van der Waals surface area contributed by atoms with Crippen LogP contribution in [0.4, 0.5) is 0 Å². The molecule has 0 bridgehead atoms. The van der Waals surface area contributed by atoms with Crippen molar-refractivity contribution in [3.05, 3.63) is 21.9 Å². The number of alkyl halides is 1. The Kier molecular flexibility index (Phi) is 4.74. The number of aliphatic hydroxyl groups is 2. The maximum Gasteiger partial charge on any atom is 0.160 e. The molecular formula is C9H11BrO3S. The number of rotatable bonds is 5. The van der Waals surface area contributed by atoms with E-state index in [1.54, 1.807) is 12.1 Å². The first kappa shape index (κ1) is 11.8. The van der Waals surface area contributed by atoms with E-state index in [4.69, 9.17) is 0 Å². The van der Waals surface area contributed by atoms with E-state index in [-0.39, 0.29) is 0 Å². The monoisotopic (exact) mass is 278 g/mol. The van der Waals surface area contributed by atoms with Gasteiger partial charge in [-0.1, -0.05) is 15.9 Å². The highest BCUT2D eigenvalue weighted by molar-refractivity contribution is 9.09. The Morgan fingerprint density at radius 2 is 2.21 bits per heavy atom. The van der Waals surface area contributed by atoms with Gasteiger partial charge in [0.15, 0.2) is 6.29 Å². The average molecular weight is 279 g/mol. The van der Waals surface area contributed by atoms with Gasteiger partial charge >= 0.3 is 0 Å². The number of hydrogen-bond acceptors (Lipinski definition) is 4. The molecule has 3 nitrogen and oxygen atoms in total. The quantitative estimate of drug-likeness (QED) is 0.637. The lowest BCUT2D eigenvalue weighted by Gasteiger charge is -2.14. The fraction of sp³-hybridized carbons (Fsp3) is 0.444. The standard InChI is InChI=1S/C9H11BrO3S/c10-4-3-7(12)9(13)8-2-1-6(5-11)14-8/h1-2,5,7,9,12-13H,3-4H2. The number of hydrogen-bond donors (Lipinski definition) is 2. The Morgan fingerprint density at radius 1 is 1.50 bits per heavy atom. The summed E-state index contributed by atoms with van der Waals surface area (Å²) in [6.07, 6.45) is -0.466. The van der Waals surface area contributed by atoms with Gasteiger partial charge < -0.3 is 10.2 Å². The highest BCUT2D eigenvalue weighted by Crippen LogP contribution is 2.26. The SMILES string of the molecule is O=Cc1ccc(C(O)C(O)CCBr)s1. The van der Waals surface area contributed by atoms with Crippen LogP contribution in [0.25, 0.3) is 0 Å². The summed E-state index contributed by atoms with van der Waals surface area (Å²) in [5.74, 6) is 0. The van der Waals surface area contributed by atoms with Crippen LogP contribution in [0.15, 0.2) is 12.1 Å². The van der Waals surface area contributed by atoms with Crippen molar-refractivity contribution in [1.82, 2.24) is 0 Å². The van der Waals surface area contributed by atoms with Crippen molar-refractivity contribution < 1.29 is 15.0 Å². The van der Waals surface area contributed by atoms with Crippen LogP contribution in [0.3, 0.4) is 0 Å². The Balaban J connectivity index is 2.67. The maximum absolute atomic E-state index is 10.4. The maximum atomic E-state index is 10.4. The topological polar surface area (TPSA) is 57.5 Å². The molecule has 0 radical (unpaired) electrons. The van der Waals surface area contributed by atoms with Crippen molar-refractivity contribution in [2.24, 2.45) is 0 Å². The normalized spacial score (nSPS) is 15.1. The zero-order valence-electron chi connectivity index (χ0n) is 7.39. The molecule has 2 unspecified atom stereocenters. The first-order valence-electron chi connectivity index (χ1n) is 4.16. The van der Waals surface area contributed by atoms with Crippen LogP contribution < -0.4 is 0 Å². The summed E-state index contributed by atoms with van der Waals surface area (Å²) in [6, 6.07) is 3.30. The summed E-state index contributed by atoms with van der Waals surface area (Å²) < 4.78 is 0. The van der Waals surface area contributed by atoms with Gasteiger partial charge in [-0.3, -0.25) is 4.79 Å². The van der Waals surface area contributed by atoms with E-state index in [1.807, 2.05) is 0 Å². The van der Waals surface area contributed by atoms with Gasteiger partial charge in [0, 0.05) is 10.2 Å². The minimum atomic E-state index is -0.897. The molecule has 1 aromatic rings. The Bertz CT molecular complexity index is 300. The first-order chi connectivity index (χ1) is 6.69.